The number of hydrogen-bond donors (Lipinski definition) is 3. The van der Waals surface area contributed by atoms with Crippen LogP contribution < -0.4 is 10.6 Å². The fraction of sp³-hybridized carbons (Fsp3) is 0.600. The molecule has 196 valence electrons. The lowest BCUT2D eigenvalue weighted by atomic mass is 9.96. The third-order valence-electron chi connectivity index (χ3n) is 5.00. The molecule has 0 saturated heterocycles. The molecule has 0 bridgehead atoms. The second-order valence-electron chi connectivity index (χ2n) is 9.64. The summed E-state index contributed by atoms with van der Waals surface area (Å²) in [6.45, 7) is 9.75. The van der Waals surface area contributed by atoms with Crippen molar-refractivity contribution >= 4 is 23.9 Å². The normalized spacial score (nSPS) is 12.9. The molecule has 0 fully saturated rings. The molecule has 0 aromatic heterocycles. The standard InChI is InChI=1S/C25H39N3O7/c1-16(2)14-19(27-24(33)35-25(4,5)6)23(32)28(12-13-29)21(18-11-9-8-10-17(18)3)22(31)26-15-20(30)34-7/h8-11,16,19,21,29H,12-15H2,1-7H3,(H,26,31)(H,27,33). The number of nitrogens with zero attached hydrogens (tertiary/aromatic N) is 1. The molecule has 10 heteroatoms. The number of methoxy groups -OCH3 is 1. The summed E-state index contributed by atoms with van der Waals surface area (Å²) in [5, 5.41) is 14.9. The highest BCUT2D eigenvalue weighted by molar-refractivity contribution is 5.93. The van der Waals surface area contributed by atoms with Crippen LogP contribution in [0.1, 0.15) is 58.2 Å². The monoisotopic (exact) mass is 493 g/mol. The average Bonchev–Trinajstić information content (AvgIpc) is 2.75. The molecule has 0 aliphatic carbocycles. The van der Waals surface area contributed by atoms with Crippen molar-refractivity contribution in [3.8, 4) is 0 Å². The van der Waals surface area contributed by atoms with Crippen molar-refractivity contribution in [2.45, 2.75) is 65.6 Å². The van der Waals surface area contributed by atoms with Crippen molar-refractivity contribution in [2.75, 3.05) is 26.8 Å². The molecule has 0 radical (unpaired) electrons. The van der Waals surface area contributed by atoms with Crippen molar-refractivity contribution in [1.82, 2.24) is 15.5 Å². The van der Waals surface area contributed by atoms with Gasteiger partial charge in [0.1, 0.15) is 24.2 Å². The summed E-state index contributed by atoms with van der Waals surface area (Å²) in [5.41, 5.74) is 0.497. The summed E-state index contributed by atoms with van der Waals surface area (Å²) < 4.78 is 9.92. The van der Waals surface area contributed by atoms with Crippen LogP contribution in [0.15, 0.2) is 24.3 Å². The van der Waals surface area contributed by atoms with Crippen molar-refractivity contribution in [1.29, 1.82) is 0 Å². The molecule has 0 saturated carbocycles. The minimum atomic E-state index is -1.16. The maximum absolute atomic E-state index is 13.8. The number of rotatable bonds is 11. The number of aliphatic hydroxyl groups excluding tert-OH is 1. The van der Waals surface area contributed by atoms with Crippen LogP contribution in [0, 0.1) is 12.8 Å². The summed E-state index contributed by atoms with van der Waals surface area (Å²) in [6.07, 6.45) is -0.479. The first-order chi connectivity index (χ1) is 16.3. The fourth-order valence-electron chi connectivity index (χ4n) is 3.49. The number of esters is 1. The average molecular weight is 494 g/mol. The predicted molar refractivity (Wildman–Crippen MR) is 130 cm³/mol. The molecule has 2 atom stereocenters. The van der Waals surface area contributed by atoms with Crippen LogP contribution in [0.3, 0.4) is 0 Å². The van der Waals surface area contributed by atoms with E-state index >= 15 is 0 Å². The van der Waals surface area contributed by atoms with Gasteiger partial charge >= 0.3 is 12.1 Å². The van der Waals surface area contributed by atoms with Gasteiger partial charge in [0.2, 0.25) is 11.8 Å². The zero-order chi connectivity index (χ0) is 26.8. The molecular weight excluding hydrogens is 454 g/mol. The van der Waals surface area contributed by atoms with Gasteiger partial charge in [0.05, 0.1) is 13.7 Å². The Morgan fingerprint density at radius 2 is 1.74 bits per heavy atom. The van der Waals surface area contributed by atoms with Crippen LogP contribution in [-0.2, 0) is 23.9 Å². The predicted octanol–water partition coefficient (Wildman–Crippen LogP) is 2.09. The second kappa shape index (κ2) is 13.7. The van der Waals surface area contributed by atoms with Crippen LogP contribution in [-0.4, -0.2) is 72.3 Å². The zero-order valence-electron chi connectivity index (χ0n) is 21.7. The van der Waals surface area contributed by atoms with Gasteiger partial charge in [0.15, 0.2) is 0 Å². The molecule has 0 aliphatic rings. The quantitative estimate of drug-likeness (QED) is 0.402. The van der Waals surface area contributed by atoms with Crippen molar-refractivity contribution < 1.29 is 33.8 Å². The number of carbonyl (C=O) groups is 4. The van der Waals surface area contributed by atoms with Gasteiger partial charge in [-0.3, -0.25) is 14.4 Å². The molecule has 10 nitrogen and oxygen atoms in total. The highest BCUT2D eigenvalue weighted by Gasteiger charge is 2.37. The Bertz CT molecular complexity index is 880. The van der Waals surface area contributed by atoms with E-state index < -0.39 is 48.2 Å². The second-order valence-corrected chi connectivity index (χ2v) is 9.64. The third kappa shape index (κ3) is 9.94. The van der Waals surface area contributed by atoms with Gasteiger partial charge in [-0.2, -0.15) is 0 Å². The number of ether oxygens (including phenoxy) is 2. The van der Waals surface area contributed by atoms with E-state index in [9.17, 15) is 24.3 Å². The summed E-state index contributed by atoms with van der Waals surface area (Å²) in [5.74, 6) is -1.79. The van der Waals surface area contributed by atoms with Crippen LogP contribution in [0.4, 0.5) is 4.79 Å². The number of carbonyl (C=O) groups excluding carboxylic acids is 4. The highest BCUT2D eigenvalue weighted by atomic mass is 16.6. The molecular formula is C25H39N3O7. The summed E-state index contributed by atoms with van der Waals surface area (Å²) in [7, 11) is 1.20. The van der Waals surface area contributed by atoms with Crippen LogP contribution in [0.25, 0.3) is 0 Å². The fourth-order valence-corrected chi connectivity index (χ4v) is 3.49. The Morgan fingerprint density at radius 1 is 1.11 bits per heavy atom. The molecule has 3 amide bonds. The van der Waals surface area contributed by atoms with E-state index in [1.807, 2.05) is 13.8 Å². The van der Waals surface area contributed by atoms with E-state index in [4.69, 9.17) is 4.74 Å². The summed E-state index contributed by atoms with van der Waals surface area (Å²) in [6, 6.07) is 4.86. The first-order valence-electron chi connectivity index (χ1n) is 11.6. The highest BCUT2D eigenvalue weighted by Crippen LogP contribution is 2.26. The molecule has 2 unspecified atom stereocenters. The molecule has 1 aromatic carbocycles. The van der Waals surface area contributed by atoms with Gasteiger partial charge in [-0.1, -0.05) is 38.1 Å². The minimum absolute atomic E-state index is 0.0277. The van der Waals surface area contributed by atoms with Gasteiger partial charge in [0.25, 0.3) is 0 Å². The van der Waals surface area contributed by atoms with Gasteiger partial charge in [-0.05, 0) is 51.2 Å². The summed E-state index contributed by atoms with van der Waals surface area (Å²) >= 11 is 0. The maximum atomic E-state index is 13.8. The van der Waals surface area contributed by atoms with Gasteiger partial charge in [-0.15, -0.1) is 0 Å². The number of amides is 3. The Kier molecular flexibility index (Phi) is 11.7. The van der Waals surface area contributed by atoms with E-state index in [2.05, 4.69) is 15.4 Å². The number of aryl methyl sites for hydroxylation is 1. The Morgan fingerprint density at radius 3 is 2.26 bits per heavy atom. The zero-order valence-corrected chi connectivity index (χ0v) is 21.7. The molecule has 1 aromatic rings. The maximum Gasteiger partial charge on any atom is 0.408 e. The first kappa shape index (κ1) is 29.9. The minimum Gasteiger partial charge on any atom is -0.468 e. The Hall–Kier alpha value is -3.14. The topological polar surface area (TPSA) is 134 Å². The molecule has 0 spiro atoms. The molecule has 35 heavy (non-hydrogen) atoms. The van der Waals surface area contributed by atoms with Gasteiger partial charge in [0, 0.05) is 6.54 Å². The number of hydrogen-bond acceptors (Lipinski definition) is 7. The number of aliphatic hydroxyl groups is 1. The molecule has 1 rings (SSSR count). The van der Waals surface area contributed by atoms with E-state index in [1.54, 1.807) is 52.0 Å². The van der Waals surface area contributed by atoms with Crippen LogP contribution in [0.5, 0.6) is 0 Å². The lowest BCUT2D eigenvalue weighted by Gasteiger charge is -2.35. The van der Waals surface area contributed by atoms with Crippen LogP contribution in [0.2, 0.25) is 0 Å². The lowest BCUT2D eigenvalue weighted by Crippen LogP contribution is -2.54. The van der Waals surface area contributed by atoms with Crippen molar-refractivity contribution in [3.05, 3.63) is 35.4 Å². The van der Waals surface area contributed by atoms with Gasteiger partial charge < -0.3 is 30.1 Å². The van der Waals surface area contributed by atoms with Crippen molar-refractivity contribution in [2.24, 2.45) is 5.92 Å². The number of benzene rings is 1. The number of nitrogens with one attached hydrogen (secondary N) is 2. The third-order valence-corrected chi connectivity index (χ3v) is 5.00. The lowest BCUT2D eigenvalue weighted by molar-refractivity contribution is -0.145. The van der Waals surface area contributed by atoms with E-state index in [1.165, 1.54) is 12.0 Å². The Labute approximate surface area is 207 Å². The SMILES string of the molecule is COC(=O)CNC(=O)C(c1ccccc1C)N(CCO)C(=O)C(CC(C)C)NC(=O)OC(C)(C)C. The largest absolute Gasteiger partial charge is 0.468 e. The molecule has 3 N–H and O–H groups in total. The van der Waals surface area contributed by atoms with E-state index in [0.717, 1.165) is 5.56 Å². The summed E-state index contributed by atoms with van der Waals surface area (Å²) in [4.78, 5) is 52.4. The first-order valence-corrected chi connectivity index (χ1v) is 11.6. The van der Waals surface area contributed by atoms with Gasteiger partial charge in [-0.25, -0.2) is 4.79 Å². The van der Waals surface area contributed by atoms with Crippen LogP contribution >= 0.6 is 0 Å². The van der Waals surface area contributed by atoms with E-state index in [0.29, 0.717) is 5.56 Å². The molecule has 0 aliphatic heterocycles. The Balaban J connectivity index is 3.42. The number of alkyl carbamates (subject to hydrolysis) is 1. The van der Waals surface area contributed by atoms with Crippen molar-refractivity contribution in [3.63, 3.8) is 0 Å². The molecule has 0 heterocycles. The smallest absolute Gasteiger partial charge is 0.408 e. The van der Waals surface area contributed by atoms with E-state index in [-0.39, 0.29) is 25.4 Å².